The molecule has 17 heavy (non-hydrogen) atoms. The van der Waals surface area contributed by atoms with Crippen LogP contribution in [0.2, 0.25) is 0 Å². The van der Waals surface area contributed by atoms with Crippen molar-refractivity contribution in [3.05, 3.63) is 46.2 Å². The summed E-state index contributed by atoms with van der Waals surface area (Å²) in [5.74, 6) is 0.217. The van der Waals surface area contributed by atoms with Crippen LogP contribution in [-0.2, 0) is 6.54 Å². The highest BCUT2D eigenvalue weighted by atomic mass is 32.2. The number of rotatable bonds is 3. The van der Waals surface area contributed by atoms with Crippen molar-refractivity contribution in [3.8, 4) is 0 Å². The smallest absolute Gasteiger partial charge is 0.253 e. The van der Waals surface area contributed by atoms with Crippen molar-refractivity contribution in [2.45, 2.75) is 16.6 Å². The maximum Gasteiger partial charge on any atom is 0.253 e. The molecule has 88 valence electrons. The molecule has 0 atom stereocenters. The van der Waals surface area contributed by atoms with Gasteiger partial charge in [-0.2, -0.15) is 0 Å². The molecule has 0 aliphatic carbocycles. The van der Waals surface area contributed by atoms with Gasteiger partial charge in [-0.25, -0.2) is 4.98 Å². The minimum Gasteiger partial charge on any atom is -0.383 e. The van der Waals surface area contributed by atoms with Crippen molar-refractivity contribution in [1.29, 1.82) is 0 Å². The van der Waals surface area contributed by atoms with E-state index < -0.39 is 0 Å². The lowest BCUT2D eigenvalue weighted by molar-refractivity contribution is 0.945. The second kappa shape index (κ2) is 5.03. The predicted molar refractivity (Wildman–Crippen MR) is 67.7 cm³/mol. The Morgan fingerprint density at radius 1 is 1.29 bits per heavy atom. The van der Waals surface area contributed by atoms with Crippen LogP contribution in [0.25, 0.3) is 0 Å². The number of nitrogens with one attached hydrogen (secondary N) is 1. The van der Waals surface area contributed by atoms with Crippen LogP contribution in [-0.4, -0.2) is 9.97 Å². The lowest BCUT2D eigenvalue weighted by atomic mass is 10.2. The summed E-state index contributed by atoms with van der Waals surface area (Å²) in [5.41, 5.74) is 11.8. The molecule has 0 spiro atoms. The molecule has 0 amide bonds. The van der Waals surface area contributed by atoms with Crippen LogP contribution in [0.1, 0.15) is 5.56 Å². The van der Waals surface area contributed by atoms with Gasteiger partial charge in [0.05, 0.1) is 0 Å². The fourth-order valence-corrected chi connectivity index (χ4v) is 2.10. The molecular weight excluding hydrogens is 236 g/mol. The topological polar surface area (TPSA) is 97.8 Å². The van der Waals surface area contributed by atoms with Gasteiger partial charge in [-0.15, -0.1) is 0 Å². The standard InChI is InChI=1S/C11H12N4OS/c12-6-7-1-3-8(4-2-7)17-11-14-9(13)5-10(16)15-11/h1-5H,6,12H2,(H3,13,14,15,16). The van der Waals surface area contributed by atoms with Gasteiger partial charge in [-0.1, -0.05) is 23.9 Å². The van der Waals surface area contributed by atoms with E-state index in [2.05, 4.69) is 9.97 Å². The van der Waals surface area contributed by atoms with E-state index in [1.54, 1.807) is 0 Å². The first-order valence-corrected chi connectivity index (χ1v) is 5.83. The Morgan fingerprint density at radius 3 is 2.59 bits per heavy atom. The van der Waals surface area contributed by atoms with Crippen molar-refractivity contribution in [2.24, 2.45) is 5.73 Å². The van der Waals surface area contributed by atoms with Crippen LogP contribution in [0, 0.1) is 0 Å². The second-order valence-corrected chi connectivity index (χ2v) is 4.49. The van der Waals surface area contributed by atoms with Gasteiger partial charge in [-0.05, 0) is 17.7 Å². The summed E-state index contributed by atoms with van der Waals surface area (Å²) in [6.45, 7) is 0.512. The Hall–Kier alpha value is -1.79. The molecule has 0 saturated heterocycles. The van der Waals surface area contributed by atoms with Crippen molar-refractivity contribution >= 4 is 17.6 Å². The molecular formula is C11H12N4OS. The minimum atomic E-state index is -0.251. The highest BCUT2D eigenvalue weighted by molar-refractivity contribution is 7.99. The maximum absolute atomic E-state index is 11.2. The Morgan fingerprint density at radius 2 is 2.00 bits per heavy atom. The summed E-state index contributed by atoms with van der Waals surface area (Å²) in [7, 11) is 0. The van der Waals surface area contributed by atoms with Gasteiger partial charge in [0, 0.05) is 17.5 Å². The zero-order valence-electron chi connectivity index (χ0n) is 9.01. The molecule has 0 radical (unpaired) electrons. The Labute approximate surface area is 102 Å². The minimum absolute atomic E-state index is 0.217. The molecule has 2 rings (SSSR count). The zero-order valence-corrected chi connectivity index (χ0v) is 9.83. The van der Waals surface area contributed by atoms with Gasteiger partial charge in [0.15, 0.2) is 5.16 Å². The van der Waals surface area contributed by atoms with E-state index in [-0.39, 0.29) is 11.4 Å². The Bertz CT molecular complexity index is 564. The summed E-state index contributed by atoms with van der Waals surface area (Å²) in [6.07, 6.45) is 0. The predicted octanol–water partition coefficient (Wildman–Crippen LogP) is 0.962. The summed E-state index contributed by atoms with van der Waals surface area (Å²) in [5, 5.41) is 0.482. The largest absolute Gasteiger partial charge is 0.383 e. The molecule has 1 aromatic heterocycles. The van der Waals surface area contributed by atoms with Gasteiger partial charge >= 0.3 is 0 Å². The molecule has 0 fully saturated rings. The third-order valence-electron chi connectivity index (χ3n) is 2.11. The molecule has 0 aliphatic rings. The molecule has 5 nitrogen and oxygen atoms in total. The molecule has 0 unspecified atom stereocenters. The van der Waals surface area contributed by atoms with Gasteiger partial charge in [0.1, 0.15) is 5.82 Å². The molecule has 0 bridgehead atoms. The van der Waals surface area contributed by atoms with Crippen LogP contribution in [0.3, 0.4) is 0 Å². The lowest BCUT2D eigenvalue weighted by Gasteiger charge is -2.02. The monoisotopic (exact) mass is 248 g/mol. The normalized spacial score (nSPS) is 10.4. The van der Waals surface area contributed by atoms with E-state index in [4.69, 9.17) is 11.5 Å². The number of nitrogen functional groups attached to an aromatic ring is 1. The molecule has 5 N–H and O–H groups in total. The van der Waals surface area contributed by atoms with Crippen LogP contribution in [0.5, 0.6) is 0 Å². The third-order valence-corrected chi connectivity index (χ3v) is 3.01. The van der Waals surface area contributed by atoms with E-state index in [0.29, 0.717) is 11.7 Å². The number of aromatic amines is 1. The van der Waals surface area contributed by atoms with Gasteiger partial charge in [0.2, 0.25) is 0 Å². The van der Waals surface area contributed by atoms with E-state index in [0.717, 1.165) is 10.5 Å². The van der Waals surface area contributed by atoms with E-state index in [1.807, 2.05) is 24.3 Å². The van der Waals surface area contributed by atoms with Crippen LogP contribution in [0.15, 0.2) is 45.2 Å². The Balaban J connectivity index is 2.22. The zero-order chi connectivity index (χ0) is 12.3. The SMILES string of the molecule is NCc1ccc(Sc2nc(N)cc(=O)[nH]2)cc1. The van der Waals surface area contributed by atoms with Crippen molar-refractivity contribution in [2.75, 3.05) is 5.73 Å². The summed E-state index contributed by atoms with van der Waals surface area (Å²) in [4.78, 5) is 18.8. The average Bonchev–Trinajstić information content (AvgIpc) is 2.28. The highest BCUT2D eigenvalue weighted by Crippen LogP contribution is 2.24. The van der Waals surface area contributed by atoms with E-state index >= 15 is 0 Å². The van der Waals surface area contributed by atoms with Gasteiger partial charge < -0.3 is 16.5 Å². The van der Waals surface area contributed by atoms with Crippen LogP contribution in [0.4, 0.5) is 5.82 Å². The number of aromatic nitrogens is 2. The number of hydrogen-bond donors (Lipinski definition) is 3. The lowest BCUT2D eigenvalue weighted by Crippen LogP contribution is -2.09. The van der Waals surface area contributed by atoms with Gasteiger partial charge in [-0.3, -0.25) is 4.79 Å². The maximum atomic E-state index is 11.2. The molecule has 1 aromatic carbocycles. The number of nitrogens with zero attached hydrogens (tertiary/aromatic N) is 1. The Kier molecular flexibility index (Phi) is 3.46. The highest BCUT2D eigenvalue weighted by Gasteiger charge is 2.01. The van der Waals surface area contributed by atoms with Crippen LogP contribution >= 0.6 is 11.8 Å². The average molecular weight is 248 g/mol. The van der Waals surface area contributed by atoms with E-state index in [1.165, 1.54) is 17.8 Å². The van der Waals surface area contributed by atoms with Crippen molar-refractivity contribution in [1.82, 2.24) is 9.97 Å². The van der Waals surface area contributed by atoms with Gasteiger partial charge in [0.25, 0.3) is 5.56 Å². The third kappa shape index (κ3) is 3.08. The first-order valence-electron chi connectivity index (χ1n) is 5.01. The summed E-state index contributed by atoms with van der Waals surface area (Å²) >= 11 is 1.35. The van der Waals surface area contributed by atoms with Crippen molar-refractivity contribution < 1.29 is 0 Å². The summed E-state index contributed by atoms with van der Waals surface area (Å²) < 4.78 is 0. The van der Waals surface area contributed by atoms with Crippen molar-refractivity contribution in [3.63, 3.8) is 0 Å². The molecule has 2 aromatic rings. The number of anilines is 1. The molecule has 0 aliphatic heterocycles. The first kappa shape index (κ1) is 11.7. The first-order chi connectivity index (χ1) is 8.17. The van der Waals surface area contributed by atoms with E-state index in [9.17, 15) is 4.79 Å². The number of H-pyrrole nitrogens is 1. The number of hydrogen-bond acceptors (Lipinski definition) is 5. The summed E-state index contributed by atoms with van der Waals surface area (Å²) in [6, 6.07) is 8.98. The second-order valence-electron chi connectivity index (χ2n) is 3.43. The quantitative estimate of drug-likeness (QED) is 0.703. The number of benzene rings is 1. The molecule has 6 heteroatoms. The fourth-order valence-electron chi connectivity index (χ4n) is 1.31. The number of nitrogens with two attached hydrogens (primary N) is 2. The fraction of sp³-hybridized carbons (Fsp3) is 0.0909. The van der Waals surface area contributed by atoms with Crippen LogP contribution < -0.4 is 17.0 Å². The molecule has 1 heterocycles. The molecule has 0 saturated carbocycles.